The predicted molar refractivity (Wildman–Crippen MR) is 55.7 cm³/mol. The molecule has 1 aliphatic rings. The van der Waals surface area contributed by atoms with Gasteiger partial charge < -0.3 is 5.32 Å². The highest BCUT2D eigenvalue weighted by Crippen LogP contribution is 2.27. The highest BCUT2D eigenvalue weighted by atomic mass is 19.1. The monoisotopic (exact) mass is 207 g/mol. The lowest BCUT2D eigenvalue weighted by atomic mass is 9.91. The van der Waals surface area contributed by atoms with Gasteiger partial charge in [0.15, 0.2) is 0 Å². The zero-order valence-electron chi connectivity index (χ0n) is 8.66. The molecule has 1 amide bonds. The maximum Gasteiger partial charge on any atom is 0.223 e. The average Bonchev–Trinajstić information content (AvgIpc) is 2.23. The van der Waals surface area contributed by atoms with Crippen LogP contribution in [0, 0.1) is 11.7 Å². The predicted octanol–water partition coefficient (Wildman–Crippen LogP) is 2.41. The molecule has 2 rings (SSSR count). The van der Waals surface area contributed by atoms with Crippen LogP contribution in [-0.2, 0) is 4.79 Å². The van der Waals surface area contributed by atoms with Crippen LogP contribution in [-0.4, -0.2) is 5.91 Å². The molecule has 0 bridgehead atoms. The molecule has 1 N–H and O–H groups in total. The van der Waals surface area contributed by atoms with Gasteiger partial charge >= 0.3 is 0 Å². The van der Waals surface area contributed by atoms with E-state index in [9.17, 15) is 9.18 Å². The first-order valence-corrected chi connectivity index (χ1v) is 5.23. The summed E-state index contributed by atoms with van der Waals surface area (Å²) in [5.74, 6) is -0.167. The molecule has 15 heavy (non-hydrogen) atoms. The highest BCUT2D eigenvalue weighted by molar-refractivity contribution is 5.79. The molecule has 2 nitrogen and oxygen atoms in total. The second kappa shape index (κ2) is 4.01. The van der Waals surface area contributed by atoms with Gasteiger partial charge in [0, 0.05) is 11.5 Å². The Hall–Kier alpha value is -1.38. The third kappa shape index (κ3) is 2.01. The van der Waals surface area contributed by atoms with Gasteiger partial charge in [-0.25, -0.2) is 4.39 Å². The van der Waals surface area contributed by atoms with Crippen molar-refractivity contribution < 1.29 is 9.18 Å². The first-order valence-electron chi connectivity index (χ1n) is 5.23. The topological polar surface area (TPSA) is 29.1 Å². The van der Waals surface area contributed by atoms with E-state index in [-0.39, 0.29) is 23.7 Å². The summed E-state index contributed by atoms with van der Waals surface area (Å²) in [4.78, 5) is 11.5. The molecule has 1 saturated heterocycles. The van der Waals surface area contributed by atoms with E-state index in [0.717, 1.165) is 12.8 Å². The number of amides is 1. The van der Waals surface area contributed by atoms with Crippen LogP contribution in [0.15, 0.2) is 24.3 Å². The Labute approximate surface area is 88.5 Å². The fourth-order valence-corrected chi connectivity index (χ4v) is 1.92. The van der Waals surface area contributed by atoms with Crippen molar-refractivity contribution in [3.05, 3.63) is 35.6 Å². The molecule has 1 fully saturated rings. The van der Waals surface area contributed by atoms with Gasteiger partial charge in [-0.3, -0.25) is 4.79 Å². The molecule has 0 saturated carbocycles. The lowest BCUT2D eigenvalue weighted by molar-refractivity contribution is -0.127. The van der Waals surface area contributed by atoms with Crippen molar-refractivity contribution >= 4 is 5.91 Å². The minimum absolute atomic E-state index is 0.0227. The number of piperidine rings is 1. The largest absolute Gasteiger partial charge is 0.349 e. The maximum absolute atomic E-state index is 13.4. The number of carbonyl (C=O) groups excluding carboxylic acids is 1. The van der Waals surface area contributed by atoms with E-state index < -0.39 is 0 Å². The fourth-order valence-electron chi connectivity index (χ4n) is 1.92. The molecule has 0 spiro atoms. The highest BCUT2D eigenvalue weighted by Gasteiger charge is 2.26. The van der Waals surface area contributed by atoms with Crippen LogP contribution in [0.25, 0.3) is 0 Å². The van der Waals surface area contributed by atoms with Crippen molar-refractivity contribution in [3.63, 3.8) is 0 Å². The van der Waals surface area contributed by atoms with Gasteiger partial charge in [0.2, 0.25) is 5.91 Å². The summed E-state index contributed by atoms with van der Waals surface area (Å²) in [5.41, 5.74) is 0.595. The molecular formula is C12H14FNO. The Morgan fingerprint density at radius 1 is 1.33 bits per heavy atom. The van der Waals surface area contributed by atoms with Gasteiger partial charge in [0.05, 0.1) is 6.04 Å². The molecule has 1 aromatic rings. The summed E-state index contributed by atoms with van der Waals surface area (Å²) >= 11 is 0. The summed E-state index contributed by atoms with van der Waals surface area (Å²) in [6, 6.07) is 6.46. The summed E-state index contributed by atoms with van der Waals surface area (Å²) in [6.45, 7) is 1.90. The van der Waals surface area contributed by atoms with Gasteiger partial charge in [-0.2, -0.15) is 0 Å². The first-order chi connectivity index (χ1) is 7.18. The quantitative estimate of drug-likeness (QED) is 0.752. The van der Waals surface area contributed by atoms with Gasteiger partial charge in [0.1, 0.15) is 5.82 Å². The SMILES string of the molecule is CC1CCC(c2ccccc2F)NC1=O. The van der Waals surface area contributed by atoms with E-state index in [2.05, 4.69) is 5.32 Å². The van der Waals surface area contributed by atoms with Crippen LogP contribution in [0.4, 0.5) is 4.39 Å². The number of hydrogen-bond acceptors (Lipinski definition) is 1. The molecule has 1 heterocycles. The Morgan fingerprint density at radius 3 is 2.73 bits per heavy atom. The zero-order chi connectivity index (χ0) is 10.8. The second-order valence-corrected chi connectivity index (χ2v) is 4.06. The third-order valence-corrected chi connectivity index (χ3v) is 2.93. The van der Waals surface area contributed by atoms with Crippen molar-refractivity contribution in [1.82, 2.24) is 5.32 Å². The van der Waals surface area contributed by atoms with E-state index in [4.69, 9.17) is 0 Å². The summed E-state index contributed by atoms with van der Waals surface area (Å²) in [5, 5.41) is 2.84. The van der Waals surface area contributed by atoms with Crippen molar-refractivity contribution in [2.75, 3.05) is 0 Å². The van der Waals surface area contributed by atoms with Gasteiger partial charge in [0.25, 0.3) is 0 Å². The molecule has 2 atom stereocenters. The van der Waals surface area contributed by atoms with Crippen molar-refractivity contribution in [2.45, 2.75) is 25.8 Å². The average molecular weight is 207 g/mol. The van der Waals surface area contributed by atoms with E-state index in [1.807, 2.05) is 6.92 Å². The van der Waals surface area contributed by atoms with Crippen molar-refractivity contribution in [1.29, 1.82) is 0 Å². The Bertz CT molecular complexity index is 378. The lowest BCUT2D eigenvalue weighted by Gasteiger charge is -2.27. The number of halogens is 1. The summed E-state index contributed by atoms with van der Waals surface area (Å²) < 4.78 is 13.4. The van der Waals surface area contributed by atoms with Crippen LogP contribution in [0.2, 0.25) is 0 Å². The van der Waals surface area contributed by atoms with E-state index in [1.165, 1.54) is 6.07 Å². The summed E-state index contributed by atoms with van der Waals surface area (Å²) in [6.07, 6.45) is 1.64. The second-order valence-electron chi connectivity index (χ2n) is 4.06. The number of benzene rings is 1. The molecular weight excluding hydrogens is 193 g/mol. The smallest absolute Gasteiger partial charge is 0.223 e. The van der Waals surface area contributed by atoms with Crippen LogP contribution in [0.1, 0.15) is 31.4 Å². The number of hydrogen-bond donors (Lipinski definition) is 1. The summed E-state index contributed by atoms with van der Waals surface area (Å²) in [7, 11) is 0. The van der Waals surface area contributed by atoms with Gasteiger partial charge in [-0.15, -0.1) is 0 Å². The first kappa shape index (κ1) is 10.1. The maximum atomic E-state index is 13.4. The lowest BCUT2D eigenvalue weighted by Crippen LogP contribution is -2.38. The third-order valence-electron chi connectivity index (χ3n) is 2.93. The van der Waals surface area contributed by atoms with E-state index >= 15 is 0 Å². The normalized spacial score (nSPS) is 26.1. The standard InChI is InChI=1S/C12H14FNO/c1-8-6-7-11(14-12(8)15)9-4-2-3-5-10(9)13/h2-5,8,11H,6-7H2,1H3,(H,14,15). The van der Waals surface area contributed by atoms with E-state index in [0.29, 0.717) is 5.56 Å². The van der Waals surface area contributed by atoms with Gasteiger partial charge in [-0.1, -0.05) is 25.1 Å². The fraction of sp³-hybridized carbons (Fsp3) is 0.417. The molecule has 0 aliphatic carbocycles. The molecule has 0 aromatic heterocycles. The van der Waals surface area contributed by atoms with Crippen LogP contribution in [0.3, 0.4) is 0 Å². The molecule has 0 radical (unpaired) electrons. The minimum atomic E-state index is -0.239. The van der Waals surface area contributed by atoms with Crippen molar-refractivity contribution in [2.24, 2.45) is 5.92 Å². The minimum Gasteiger partial charge on any atom is -0.349 e. The number of carbonyl (C=O) groups is 1. The molecule has 1 aliphatic heterocycles. The van der Waals surface area contributed by atoms with E-state index in [1.54, 1.807) is 18.2 Å². The van der Waals surface area contributed by atoms with Crippen LogP contribution >= 0.6 is 0 Å². The Morgan fingerprint density at radius 2 is 2.07 bits per heavy atom. The zero-order valence-corrected chi connectivity index (χ0v) is 8.66. The van der Waals surface area contributed by atoms with Crippen LogP contribution < -0.4 is 5.32 Å². The van der Waals surface area contributed by atoms with Crippen LogP contribution in [0.5, 0.6) is 0 Å². The molecule has 3 heteroatoms. The molecule has 1 aromatic carbocycles. The number of nitrogens with one attached hydrogen (secondary N) is 1. The van der Waals surface area contributed by atoms with Crippen molar-refractivity contribution in [3.8, 4) is 0 Å². The Kier molecular flexibility index (Phi) is 2.71. The molecule has 2 unspecified atom stereocenters. The van der Waals surface area contributed by atoms with Gasteiger partial charge in [-0.05, 0) is 18.9 Å². The Balaban J connectivity index is 2.19. The molecule has 80 valence electrons. The number of rotatable bonds is 1.